The van der Waals surface area contributed by atoms with Crippen LogP contribution in [-0.2, 0) is 4.79 Å². The molecule has 0 spiro atoms. The highest BCUT2D eigenvalue weighted by Gasteiger charge is 2.22. The van der Waals surface area contributed by atoms with Crippen molar-refractivity contribution in [3.63, 3.8) is 0 Å². The summed E-state index contributed by atoms with van der Waals surface area (Å²) in [7, 11) is 0. The van der Waals surface area contributed by atoms with E-state index in [-0.39, 0.29) is 11.3 Å². The fraction of sp³-hybridized carbons (Fsp3) is 0.600. The SMILES string of the molecule is Cc1[nH]nc(NC(=O)C(C)(C)C)c1C. The van der Waals surface area contributed by atoms with E-state index in [4.69, 9.17) is 0 Å². The van der Waals surface area contributed by atoms with Crippen LogP contribution in [-0.4, -0.2) is 16.1 Å². The second-order valence-corrected chi connectivity index (χ2v) is 4.53. The lowest BCUT2D eigenvalue weighted by Crippen LogP contribution is -2.28. The van der Waals surface area contributed by atoms with Gasteiger partial charge in [-0.3, -0.25) is 9.89 Å². The second-order valence-electron chi connectivity index (χ2n) is 4.53. The highest BCUT2D eigenvalue weighted by atomic mass is 16.2. The molecule has 4 heteroatoms. The van der Waals surface area contributed by atoms with Crippen LogP contribution in [0.4, 0.5) is 5.82 Å². The van der Waals surface area contributed by atoms with Crippen molar-refractivity contribution in [3.05, 3.63) is 11.3 Å². The number of aromatic amines is 1. The van der Waals surface area contributed by atoms with E-state index in [2.05, 4.69) is 15.5 Å². The zero-order valence-electron chi connectivity index (χ0n) is 9.36. The number of carbonyl (C=O) groups is 1. The van der Waals surface area contributed by atoms with Gasteiger partial charge in [-0.15, -0.1) is 0 Å². The molecule has 4 nitrogen and oxygen atoms in total. The van der Waals surface area contributed by atoms with Gasteiger partial charge in [0.05, 0.1) is 0 Å². The Morgan fingerprint density at radius 3 is 2.29 bits per heavy atom. The van der Waals surface area contributed by atoms with Crippen LogP contribution in [0.15, 0.2) is 0 Å². The molecule has 0 aliphatic rings. The lowest BCUT2D eigenvalue weighted by molar-refractivity contribution is -0.123. The van der Waals surface area contributed by atoms with Crippen LogP contribution < -0.4 is 5.32 Å². The van der Waals surface area contributed by atoms with E-state index < -0.39 is 0 Å². The molecular formula is C10H17N3O. The number of rotatable bonds is 1. The van der Waals surface area contributed by atoms with Crippen molar-refractivity contribution < 1.29 is 4.79 Å². The number of nitrogens with zero attached hydrogens (tertiary/aromatic N) is 1. The van der Waals surface area contributed by atoms with Crippen molar-refractivity contribution in [2.45, 2.75) is 34.6 Å². The molecule has 1 aromatic rings. The van der Waals surface area contributed by atoms with Gasteiger partial charge in [-0.05, 0) is 13.8 Å². The van der Waals surface area contributed by atoms with Gasteiger partial charge in [0.1, 0.15) is 0 Å². The topological polar surface area (TPSA) is 57.8 Å². The smallest absolute Gasteiger partial charge is 0.230 e. The average molecular weight is 195 g/mol. The summed E-state index contributed by atoms with van der Waals surface area (Å²) in [4.78, 5) is 11.6. The quantitative estimate of drug-likeness (QED) is 0.720. The number of H-pyrrole nitrogens is 1. The maximum absolute atomic E-state index is 11.6. The molecule has 78 valence electrons. The molecule has 2 N–H and O–H groups in total. The molecular weight excluding hydrogens is 178 g/mol. The number of anilines is 1. The van der Waals surface area contributed by atoms with E-state index in [0.29, 0.717) is 5.82 Å². The molecule has 0 aromatic carbocycles. The Morgan fingerprint density at radius 2 is 1.93 bits per heavy atom. The fourth-order valence-electron chi connectivity index (χ4n) is 0.902. The van der Waals surface area contributed by atoms with Gasteiger partial charge in [-0.25, -0.2) is 0 Å². The summed E-state index contributed by atoms with van der Waals surface area (Å²) < 4.78 is 0. The van der Waals surface area contributed by atoms with Crippen LogP contribution >= 0.6 is 0 Å². The maximum Gasteiger partial charge on any atom is 0.230 e. The fourth-order valence-corrected chi connectivity index (χ4v) is 0.902. The Balaban J connectivity index is 2.80. The lowest BCUT2D eigenvalue weighted by Gasteiger charge is -2.16. The number of hydrogen-bond donors (Lipinski definition) is 2. The van der Waals surface area contributed by atoms with Crippen molar-refractivity contribution in [3.8, 4) is 0 Å². The largest absolute Gasteiger partial charge is 0.309 e. The Morgan fingerprint density at radius 1 is 1.36 bits per heavy atom. The second kappa shape index (κ2) is 3.44. The third-order valence-electron chi connectivity index (χ3n) is 2.17. The highest BCUT2D eigenvalue weighted by Crippen LogP contribution is 2.19. The monoisotopic (exact) mass is 195 g/mol. The number of amides is 1. The molecule has 14 heavy (non-hydrogen) atoms. The first-order valence-electron chi connectivity index (χ1n) is 4.65. The summed E-state index contributed by atoms with van der Waals surface area (Å²) in [5.74, 6) is 0.606. The van der Waals surface area contributed by atoms with Gasteiger partial charge in [-0.1, -0.05) is 20.8 Å². The normalized spacial score (nSPS) is 11.5. The van der Waals surface area contributed by atoms with E-state index in [1.54, 1.807) is 0 Å². The summed E-state index contributed by atoms with van der Waals surface area (Å²) in [6, 6.07) is 0. The molecule has 0 saturated carbocycles. The lowest BCUT2D eigenvalue weighted by atomic mass is 9.96. The summed E-state index contributed by atoms with van der Waals surface area (Å²) >= 11 is 0. The van der Waals surface area contributed by atoms with Gasteiger partial charge in [-0.2, -0.15) is 5.10 Å². The standard InChI is InChI=1S/C10H17N3O/c1-6-7(2)12-13-8(6)11-9(14)10(3,4)5/h1-5H3,(H2,11,12,13,14). The Hall–Kier alpha value is -1.32. The van der Waals surface area contributed by atoms with Crippen LogP contribution in [0, 0.1) is 19.3 Å². The van der Waals surface area contributed by atoms with Gasteiger partial charge in [0.2, 0.25) is 5.91 Å². The van der Waals surface area contributed by atoms with Crippen molar-refractivity contribution in [1.29, 1.82) is 0 Å². The van der Waals surface area contributed by atoms with Gasteiger partial charge in [0.15, 0.2) is 5.82 Å². The van der Waals surface area contributed by atoms with Crippen molar-refractivity contribution >= 4 is 11.7 Å². The minimum atomic E-state index is -0.390. The van der Waals surface area contributed by atoms with E-state index in [1.807, 2.05) is 34.6 Å². The first-order valence-corrected chi connectivity index (χ1v) is 4.65. The van der Waals surface area contributed by atoms with Gasteiger partial charge in [0, 0.05) is 16.7 Å². The molecule has 1 heterocycles. The minimum Gasteiger partial charge on any atom is -0.309 e. The summed E-state index contributed by atoms with van der Waals surface area (Å²) in [6.07, 6.45) is 0. The van der Waals surface area contributed by atoms with Crippen LogP contribution in [0.3, 0.4) is 0 Å². The van der Waals surface area contributed by atoms with Crippen LogP contribution in [0.2, 0.25) is 0 Å². The van der Waals surface area contributed by atoms with Crippen molar-refractivity contribution in [2.75, 3.05) is 5.32 Å². The summed E-state index contributed by atoms with van der Waals surface area (Å²) in [5.41, 5.74) is 1.58. The Labute approximate surface area is 84.1 Å². The molecule has 0 aliphatic heterocycles. The average Bonchev–Trinajstić information content (AvgIpc) is 2.34. The predicted molar refractivity (Wildman–Crippen MR) is 56.1 cm³/mol. The van der Waals surface area contributed by atoms with Crippen molar-refractivity contribution in [2.24, 2.45) is 5.41 Å². The minimum absolute atomic E-state index is 0.0212. The van der Waals surface area contributed by atoms with Gasteiger partial charge in [0.25, 0.3) is 0 Å². The predicted octanol–water partition coefficient (Wildman–Crippen LogP) is 2.01. The van der Waals surface area contributed by atoms with Gasteiger partial charge >= 0.3 is 0 Å². The summed E-state index contributed by atoms with van der Waals surface area (Å²) in [6.45, 7) is 9.47. The molecule has 0 fully saturated rings. The third kappa shape index (κ3) is 2.13. The first-order chi connectivity index (χ1) is 6.32. The van der Waals surface area contributed by atoms with Crippen LogP contribution in [0.25, 0.3) is 0 Å². The molecule has 0 aliphatic carbocycles. The first kappa shape index (κ1) is 10.8. The zero-order valence-corrected chi connectivity index (χ0v) is 9.36. The Kier molecular flexibility index (Phi) is 2.64. The zero-order chi connectivity index (χ0) is 10.9. The summed E-state index contributed by atoms with van der Waals surface area (Å²) in [5, 5.41) is 9.63. The van der Waals surface area contributed by atoms with E-state index >= 15 is 0 Å². The van der Waals surface area contributed by atoms with Gasteiger partial charge < -0.3 is 5.32 Å². The van der Waals surface area contributed by atoms with E-state index in [9.17, 15) is 4.79 Å². The maximum atomic E-state index is 11.6. The molecule has 1 amide bonds. The Bertz CT molecular complexity index is 347. The number of aryl methyl sites for hydroxylation is 1. The number of aromatic nitrogens is 2. The molecule has 0 radical (unpaired) electrons. The van der Waals surface area contributed by atoms with Crippen LogP contribution in [0.5, 0.6) is 0 Å². The molecule has 0 unspecified atom stereocenters. The molecule has 0 atom stereocenters. The molecule has 0 saturated heterocycles. The van der Waals surface area contributed by atoms with E-state index in [0.717, 1.165) is 11.3 Å². The molecule has 1 rings (SSSR count). The third-order valence-corrected chi connectivity index (χ3v) is 2.17. The molecule has 0 bridgehead atoms. The number of hydrogen-bond acceptors (Lipinski definition) is 2. The van der Waals surface area contributed by atoms with E-state index in [1.165, 1.54) is 0 Å². The number of carbonyl (C=O) groups excluding carboxylic acids is 1. The number of nitrogens with one attached hydrogen (secondary N) is 2. The molecule has 1 aromatic heterocycles. The highest BCUT2D eigenvalue weighted by molar-refractivity contribution is 5.94. The van der Waals surface area contributed by atoms with Crippen molar-refractivity contribution in [1.82, 2.24) is 10.2 Å². The van der Waals surface area contributed by atoms with Crippen LogP contribution in [0.1, 0.15) is 32.0 Å².